The molecule has 1 aromatic rings. The maximum atomic E-state index is 10.1. The lowest BCUT2D eigenvalue weighted by molar-refractivity contribution is -0.0521. The minimum Gasteiger partial charge on any atom is -0.385 e. The Morgan fingerprint density at radius 3 is 2.57 bits per heavy atom. The van der Waals surface area contributed by atoms with Gasteiger partial charge in [-0.3, -0.25) is 0 Å². The lowest BCUT2D eigenvalue weighted by atomic mass is 9.72. The van der Waals surface area contributed by atoms with Gasteiger partial charge in [0.15, 0.2) is 0 Å². The standard InChI is InChI=1S/C10H11Cl2NO/c11-6-1-2-9(12)8(3-6)10(14)4-7(13)5-10/h1-3,7,14H,4-5,13H2. The van der Waals surface area contributed by atoms with Gasteiger partial charge in [-0.05, 0) is 31.0 Å². The van der Waals surface area contributed by atoms with Gasteiger partial charge in [0.2, 0.25) is 0 Å². The van der Waals surface area contributed by atoms with Crippen molar-refractivity contribution in [1.29, 1.82) is 0 Å². The van der Waals surface area contributed by atoms with E-state index in [1.54, 1.807) is 18.2 Å². The van der Waals surface area contributed by atoms with Gasteiger partial charge in [-0.25, -0.2) is 0 Å². The van der Waals surface area contributed by atoms with E-state index >= 15 is 0 Å². The molecule has 2 rings (SSSR count). The number of hydrogen-bond donors (Lipinski definition) is 2. The van der Waals surface area contributed by atoms with Crippen molar-refractivity contribution in [3.8, 4) is 0 Å². The van der Waals surface area contributed by atoms with E-state index in [0.29, 0.717) is 28.5 Å². The van der Waals surface area contributed by atoms with Crippen LogP contribution in [0.1, 0.15) is 18.4 Å². The van der Waals surface area contributed by atoms with Crippen molar-refractivity contribution >= 4 is 23.2 Å². The molecule has 0 aliphatic heterocycles. The highest BCUT2D eigenvalue weighted by atomic mass is 35.5. The van der Waals surface area contributed by atoms with Crippen molar-refractivity contribution in [3.63, 3.8) is 0 Å². The van der Waals surface area contributed by atoms with Crippen LogP contribution >= 0.6 is 23.2 Å². The van der Waals surface area contributed by atoms with Crippen molar-refractivity contribution in [2.75, 3.05) is 0 Å². The summed E-state index contributed by atoms with van der Waals surface area (Å²) in [7, 11) is 0. The van der Waals surface area contributed by atoms with Gasteiger partial charge in [0.05, 0.1) is 5.60 Å². The normalized spacial score (nSPS) is 31.3. The van der Waals surface area contributed by atoms with Crippen LogP contribution in [-0.2, 0) is 5.60 Å². The summed E-state index contributed by atoms with van der Waals surface area (Å²) in [5.41, 5.74) is 5.46. The van der Waals surface area contributed by atoms with Crippen molar-refractivity contribution in [3.05, 3.63) is 33.8 Å². The van der Waals surface area contributed by atoms with Crippen LogP contribution in [0.4, 0.5) is 0 Å². The molecule has 1 aromatic carbocycles. The molecule has 76 valence electrons. The van der Waals surface area contributed by atoms with Crippen LogP contribution in [-0.4, -0.2) is 11.1 Å². The zero-order valence-corrected chi connectivity index (χ0v) is 9.02. The summed E-state index contributed by atoms with van der Waals surface area (Å²) in [5, 5.41) is 11.3. The van der Waals surface area contributed by atoms with Crippen LogP contribution in [0.5, 0.6) is 0 Å². The fourth-order valence-electron chi connectivity index (χ4n) is 1.88. The number of benzene rings is 1. The first-order valence-corrected chi connectivity index (χ1v) is 5.20. The van der Waals surface area contributed by atoms with E-state index < -0.39 is 5.60 Å². The Labute approximate surface area is 92.6 Å². The third-order valence-electron chi connectivity index (χ3n) is 2.63. The summed E-state index contributed by atoms with van der Waals surface area (Å²) in [6.07, 6.45) is 1.10. The molecule has 1 saturated carbocycles. The topological polar surface area (TPSA) is 46.2 Å². The van der Waals surface area contributed by atoms with Crippen molar-refractivity contribution in [2.24, 2.45) is 5.73 Å². The molecule has 14 heavy (non-hydrogen) atoms. The van der Waals surface area contributed by atoms with Gasteiger partial charge in [0.1, 0.15) is 0 Å². The SMILES string of the molecule is NC1CC(O)(c2cc(Cl)ccc2Cl)C1. The molecule has 1 aliphatic carbocycles. The lowest BCUT2D eigenvalue weighted by Crippen LogP contribution is -2.49. The Balaban J connectivity index is 2.36. The zero-order chi connectivity index (χ0) is 10.3. The summed E-state index contributed by atoms with van der Waals surface area (Å²) in [6, 6.07) is 5.17. The molecule has 0 aromatic heterocycles. The average Bonchev–Trinajstić information content (AvgIpc) is 2.07. The van der Waals surface area contributed by atoms with Gasteiger partial charge in [0, 0.05) is 21.7 Å². The van der Waals surface area contributed by atoms with Gasteiger partial charge in [-0.1, -0.05) is 23.2 Å². The molecule has 2 nitrogen and oxygen atoms in total. The molecule has 0 unspecified atom stereocenters. The van der Waals surface area contributed by atoms with E-state index in [4.69, 9.17) is 28.9 Å². The van der Waals surface area contributed by atoms with Crippen LogP contribution in [0.25, 0.3) is 0 Å². The first-order valence-electron chi connectivity index (χ1n) is 4.45. The van der Waals surface area contributed by atoms with Gasteiger partial charge >= 0.3 is 0 Å². The molecule has 0 spiro atoms. The van der Waals surface area contributed by atoms with E-state index in [-0.39, 0.29) is 6.04 Å². The molecule has 0 saturated heterocycles. The van der Waals surface area contributed by atoms with Crippen LogP contribution in [0, 0.1) is 0 Å². The van der Waals surface area contributed by atoms with Crippen LogP contribution < -0.4 is 5.73 Å². The molecule has 0 bridgehead atoms. The molecule has 1 aliphatic rings. The fraction of sp³-hybridized carbons (Fsp3) is 0.400. The minimum atomic E-state index is -0.874. The Bertz CT molecular complexity index is 361. The third kappa shape index (κ3) is 1.63. The summed E-state index contributed by atoms with van der Waals surface area (Å²) in [4.78, 5) is 0. The first kappa shape index (κ1) is 10.2. The van der Waals surface area contributed by atoms with Crippen molar-refractivity contribution < 1.29 is 5.11 Å². The monoisotopic (exact) mass is 231 g/mol. The highest BCUT2D eigenvalue weighted by molar-refractivity contribution is 6.33. The molecular weight excluding hydrogens is 221 g/mol. The molecule has 0 amide bonds. The van der Waals surface area contributed by atoms with Gasteiger partial charge < -0.3 is 10.8 Å². The Kier molecular flexibility index (Phi) is 2.48. The van der Waals surface area contributed by atoms with Gasteiger partial charge in [0.25, 0.3) is 0 Å². The summed E-state index contributed by atoms with van der Waals surface area (Å²) < 4.78 is 0. The van der Waals surface area contributed by atoms with E-state index in [0.717, 1.165) is 0 Å². The predicted molar refractivity (Wildman–Crippen MR) is 57.6 cm³/mol. The maximum absolute atomic E-state index is 10.1. The molecule has 1 fully saturated rings. The van der Waals surface area contributed by atoms with Crippen molar-refractivity contribution in [1.82, 2.24) is 0 Å². The number of rotatable bonds is 1. The summed E-state index contributed by atoms with van der Waals surface area (Å²) in [6.45, 7) is 0. The van der Waals surface area contributed by atoms with Crippen LogP contribution in [0.3, 0.4) is 0 Å². The Morgan fingerprint density at radius 2 is 2.00 bits per heavy atom. The second-order valence-corrected chi connectivity index (χ2v) is 4.67. The third-order valence-corrected chi connectivity index (χ3v) is 3.19. The highest BCUT2D eigenvalue weighted by Crippen LogP contribution is 2.43. The molecule has 4 heteroatoms. The second kappa shape index (κ2) is 3.38. The number of aliphatic hydroxyl groups is 1. The number of nitrogens with two attached hydrogens (primary N) is 1. The molecule has 3 N–H and O–H groups in total. The van der Waals surface area contributed by atoms with Gasteiger partial charge in [-0.2, -0.15) is 0 Å². The summed E-state index contributed by atoms with van der Waals surface area (Å²) in [5.74, 6) is 0. The number of halogens is 2. The van der Waals surface area contributed by atoms with E-state index in [1.807, 2.05) is 0 Å². The lowest BCUT2D eigenvalue weighted by Gasteiger charge is -2.42. The smallest absolute Gasteiger partial charge is 0.0940 e. The maximum Gasteiger partial charge on any atom is 0.0940 e. The Hall–Kier alpha value is -0.280. The molecule has 0 heterocycles. The van der Waals surface area contributed by atoms with Crippen LogP contribution in [0.15, 0.2) is 18.2 Å². The predicted octanol–water partition coefficient (Wildman–Crippen LogP) is 2.30. The molecule has 0 atom stereocenters. The second-order valence-electron chi connectivity index (χ2n) is 3.82. The Morgan fingerprint density at radius 1 is 1.36 bits per heavy atom. The quantitative estimate of drug-likeness (QED) is 0.780. The number of hydrogen-bond acceptors (Lipinski definition) is 2. The average molecular weight is 232 g/mol. The molecule has 0 radical (unpaired) electrons. The van der Waals surface area contributed by atoms with Crippen LogP contribution in [0.2, 0.25) is 10.0 Å². The van der Waals surface area contributed by atoms with E-state index in [9.17, 15) is 5.11 Å². The fourth-order valence-corrected chi connectivity index (χ4v) is 2.35. The minimum absolute atomic E-state index is 0.0649. The van der Waals surface area contributed by atoms with Crippen molar-refractivity contribution in [2.45, 2.75) is 24.5 Å². The highest BCUT2D eigenvalue weighted by Gasteiger charge is 2.43. The van der Waals surface area contributed by atoms with E-state index in [2.05, 4.69) is 0 Å². The summed E-state index contributed by atoms with van der Waals surface area (Å²) >= 11 is 11.8. The van der Waals surface area contributed by atoms with Gasteiger partial charge in [-0.15, -0.1) is 0 Å². The van der Waals surface area contributed by atoms with E-state index in [1.165, 1.54) is 0 Å². The first-order chi connectivity index (χ1) is 6.51. The zero-order valence-electron chi connectivity index (χ0n) is 7.50. The largest absolute Gasteiger partial charge is 0.385 e. The molecular formula is C10H11Cl2NO.